The molecule has 0 aromatic carbocycles. The summed E-state index contributed by atoms with van der Waals surface area (Å²) in [4.78, 5) is 5.16. The van der Waals surface area contributed by atoms with Gasteiger partial charge in [0.05, 0.1) is 6.61 Å². The highest BCUT2D eigenvalue weighted by atomic mass is 16.5. The second-order valence-electron chi connectivity index (χ2n) is 6.24. The zero-order chi connectivity index (χ0) is 13.6. The van der Waals surface area contributed by atoms with Gasteiger partial charge in [-0.05, 0) is 27.7 Å². The van der Waals surface area contributed by atoms with E-state index in [-0.39, 0.29) is 0 Å². The Hall–Kier alpha value is -0.160. The second-order valence-corrected chi connectivity index (χ2v) is 6.24. The Morgan fingerprint density at radius 3 is 2.28 bits per heavy atom. The van der Waals surface area contributed by atoms with Gasteiger partial charge in [-0.15, -0.1) is 0 Å². The van der Waals surface area contributed by atoms with Crippen LogP contribution in [0.4, 0.5) is 0 Å². The lowest BCUT2D eigenvalue weighted by Gasteiger charge is -2.44. The van der Waals surface area contributed by atoms with E-state index in [9.17, 15) is 0 Å². The zero-order valence-corrected chi connectivity index (χ0v) is 12.8. The molecule has 1 unspecified atom stereocenters. The molecule has 1 heterocycles. The van der Waals surface area contributed by atoms with Crippen molar-refractivity contribution in [3.8, 4) is 0 Å². The molecule has 0 spiro atoms. The van der Waals surface area contributed by atoms with E-state index in [1.807, 2.05) is 0 Å². The Morgan fingerprint density at radius 1 is 1.17 bits per heavy atom. The number of methoxy groups -OCH3 is 1. The number of nitrogens with one attached hydrogen (secondary N) is 1. The molecule has 1 atom stereocenters. The van der Waals surface area contributed by atoms with Crippen molar-refractivity contribution < 1.29 is 4.74 Å². The largest absolute Gasteiger partial charge is 0.383 e. The van der Waals surface area contributed by atoms with Gasteiger partial charge in [-0.1, -0.05) is 0 Å². The van der Waals surface area contributed by atoms with Crippen LogP contribution >= 0.6 is 0 Å². The molecule has 0 amide bonds. The van der Waals surface area contributed by atoms with Gasteiger partial charge in [-0.3, -0.25) is 9.80 Å². The summed E-state index contributed by atoms with van der Waals surface area (Å²) in [6, 6.07) is 0.615. The van der Waals surface area contributed by atoms with Gasteiger partial charge < -0.3 is 10.1 Å². The van der Waals surface area contributed by atoms with E-state index in [0.717, 1.165) is 19.7 Å². The molecule has 1 aliphatic heterocycles. The van der Waals surface area contributed by atoms with Crippen molar-refractivity contribution in [2.75, 3.05) is 53.0 Å². The lowest BCUT2D eigenvalue weighted by Crippen LogP contribution is -2.56. The van der Waals surface area contributed by atoms with Crippen LogP contribution in [-0.2, 0) is 4.74 Å². The summed E-state index contributed by atoms with van der Waals surface area (Å²) in [5.74, 6) is 0. The molecule has 4 heteroatoms. The molecule has 0 radical (unpaired) electrons. The molecular weight excluding hydrogens is 226 g/mol. The number of rotatable bonds is 6. The molecule has 0 aliphatic carbocycles. The van der Waals surface area contributed by atoms with Crippen molar-refractivity contribution in [1.82, 2.24) is 15.1 Å². The lowest BCUT2D eigenvalue weighted by atomic mass is 10.0. The number of hydrogen-bond donors (Lipinski definition) is 1. The minimum atomic E-state index is 0.312. The Labute approximate surface area is 113 Å². The Balaban J connectivity index is 2.21. The predicted molar refractivity (Wildman–Crippen MR) is 77.1 cm³/mol. The minimum absolute atomic E-state index is 0.312. The average Bonchev–Trinajstić information content (AvgIpc) is 2.33. The summed E-state index contributed by atoms with van der Waals surface area (Å²) in [5.41, 5.74) is 0.312. The van der Waals surface area contributed by atoms with E-state index < -0.39 is 0 Å². The molecule has 1 N–H and O–H groups in total. The van der Waals surface area contributed by atoms with Gasteiger partial charge in [0.15, 0.2) is 0 Å². The number of hydrogen-bond acceptors (Lipinski definition) is 4. The summed E-state index contributed by atoms with van der Waals surface area (Å²) in [5, 5.41) is 3.44. The van der Waals surface area contributed by atoms with Gasteiger partial charge in [-0.2, -0.15) is 0 Å². The van der Waals surface area contributed by atoms with Crippen molar-refractivity contribution in [2.45, 2.75) is 39.3 Å². The lowest BCUT2D eigenvalue weighted by molar-refractivity contribution is 0.0453. The summed E-state index contributed by atoms with van der Waals surface area (Å²) in [6.07, 6.45) is 0. The van der Waals surface area contributed by atoms with Gasteiger partial charge in [0.25, 0.3) is 0 Å². The fourth-order valence-electron chi connectivity index (χ4n) is 2.45. The first-order valence-electron chi connectivity index (χ1n) is 7.14. The SMILES string of the molecule is COCCNCC(C)N1CCN(C(C)(C)C)CC1. The topological polar surface area (TPSA) is 27.7 Å². The molecule has 0 saturated carbocycles. The first-order chi connectivity index (χ1) is 8.45. The Bertz CT molecular complexity index is 220. The van der Waals surface area contributed by atoms with Crippen LogP contribution in [0.1, 0.15) is 27.7 Å². The third kappa shape index (κ3) is 5.22. The Morgan fingerprint density at radius 2 is 1.78 bits per heavy atom. The van der Waals surface area contributed by atoms with Gasteiger partial charge in [0.1, 0.15) is 0 Å². The van der Waals surface area contributed by atoms with Crippen molar-refractivity contribution in [3.63, 3.8) is 0 Å². The van der Waals surface area contributed by atoms with Crippen LogP contribution < -0.4 is 5.32 Å². The fraction of sp³-hybridized carbons (Fsp3) is 1.00. The normalized spacial score (nSPS) is 21.2. The van der Waals surface area contributed by atoms with Gasteiger partial charge >= 0.3 is 0 Å². The summed E-state index contributed by atoms with van der Waals surface area (Å²) < 4.78 is 5.04. The van der Waals surface area contributed by atoms with Crippen LogP contribution in [0.3, 0.4) is 0 Å². The highest BCUT2D eigenvalue weighted by Crippen LogP contribution is 2.16. The molecule has 18 heavy (non-hydrogen) atoms. The van der Waals surface area contributed by atoms with E-state index in [1.165, 1.54) is 26.2 Å². The quantitative estimate of drug-likeness (QED) is 0.719. The molecule has 1 saturated heterocycles. The van der Waals surface area contributed by atoms with Crippen LogP contribution in [0.2, 0.25) is 0 Å². The molecule has 1 fully saturated rings. The molecule has 0 aromatic rings. The van der Waals surface area contributed by atoms with Crippen molar-refractivity contribution in [2.24, 2.45) is 0 Å². The molecule has 108 valence electrons. The zero-order valence-electron chi connectivity index (χ0n) is 12.8. The fourth-order valence-corrected chi connectivity index (χ4v) is 2.45. The van der Waals surface area contributed by atoms with Crippen LogP contribution in [-0.4, -0.2) is 74.4 Å². The van der Waals surface area contributed by atoms with Crippen LogP contribution in [0.5, 0.6) is 0 Å². The highest BCUT2D eigenvalue weighted by Gasteiger charge is 2.27. The first kappa shape index (κ1) is 15.9. The Kier molecular flexibility index (Phi) is 6.57. The summed E-state index contributed by atoms with van der Waals surface area (Å²) >= 11 is 0. The van der Waals surface area contributed by atoms with Crippen molar-refractivity contribution >= 4 is 0 Å². The average molecular weight is 257 g/mol. The highest BCUT2D eigenvalue weighted by molar-refractivity contribution is 4.84. The van der Waals surface area contributed by atoms with Gasteiger partial charge in [0.2, 0.25) is 0 Å². The molecule has 1 rings (SSSR count). The van der Waals surface area contributed by atoms with Crippen LogP contribution in [0, 0.1) is 0 Å². The summed E-state index contributed by atoms with van der Waals surface area (Å²) in [7, 11) is 1.75. The number of piperazine rings is 1. The summed E-state index contributed by atoms with van der Waals surface area (Å²) in [6.45, 7) is 16.8. The van der Waals surface area contributed by atoms with E-state index in [4.69, 9.17) is 4.74 Å². The van der Waals surface area contributed by atoms with E-state index in [1.54, 1.807) is 7.11 Å². The molecular formula is C14H31N3O. The maximum atomic E-state index is 5.04. The molecule has 0 bridgehead atoms. The van der Waals surface area contributed by atoms with Gasteiger partial charge in [-0.25, -0.2) is 0 Å². The predicted octanol–water partition coefficient (Wildman–Crippen LogP) is 1.03. The second kappa shape index (κ2) is 7.43. The molecule has 4 nitrogen and oxygen atoms in total. The molecule has 1 aliphatic rings. The van der Waals surface area contributed by atoms with Crippen molar-refractivity contribution in [1.29, 1.82) is 0 Å². The van der Waals surface area contributed by atoms with E-state index >= 15 is 0 Å². The molecule has 0 aromatic heterocycles. The van der Waals surface area contributed by atoms with Crippen molar-refractivity contribution in [3.05, 3.63) is 0 Å². The van der Waals surface area contributed by atoms with Gasteiger partial charge in [0, 0.05) is 58.0 Å². The third-order valence-corrected chi connectivity index (χ3v) is 3.81. The maximum absolute atomic E-state index is 5.04. The number of ether oxygens (including phenoxy) is 1. The maximum Gasteiger partial charge on any atom is 0.0587 e. The van der Waals surface area contributed by atoms with Crippen LogP contribution in [0.25, 0.3) is 0 Å². The van der Waals surface area contributed by atoms with Crippen LogP contribution in [0.15, 0.2) is 0 Å². The van der Waals surface area contributed by atoms with E-state index in [2.05, 4.69) is 42.8 Å². The van der Waals surface area contributed by atoms with E-state index in [0.29, 0.717) is 11.6 Å². The minimum Gasteiger partial charge on any atom is -0.383 e. The monoisotopic (exact) mass is 257 g/mol. The first-order valence-corrected chi connectivity index (χ1v) is 7.14. The smallest absolute Gasteiger partial charge is 0.0587 e. The number of nitrogens with zero attached hydrogens (tertiary/aromatic N) is 2. The standard InChI is InChI=1S/C14H31N3O/c1-13(12-15-6-11-18-5)16-7-9-17(10-8-16)14(2,3)4/h13,15H,6-12H2,1-5H3. The third-order valence-electron chi connectivity index (χ3n) is 3.81.